The van der Waals surface area contributed by atoms with E-state index in [9.17, 15) is 14.9 Å². The molecule has 0 atom stereocenters. The Kier molecular flexibility index (Phi) is 8.14. The Morgan fingerprint density at radius 3 is 2.61 bits per heavy atom. The third kappa shape index (κ3) is 6.37. The molecule has 1 heterocycles. The second kappa shape index (κ2) is 11.5. The van der Waals surface area contributed by atoms with Crippen molar-refractivity contribution in [3.05, 3.63) is 96.9 Å². The number of carbonyl (C=O) groups excluding carboxylic acids is 1. The molecule has 4 rings (SSSR count). The number of ether oxygens (including phenoxy) is 2. The third-order valence-corrected chi connectivity index (χ3v) is 6.29. The molecule has 0 saturated carbocycles. The molecule has 0 spiro atoms. The molecule has 36 heavy (non-hydrogen) atoms. The fraction of sp³-hybridized carbons (Fsp3) is 0.120. The zero-order valence-corrected chi connectivity index (χ0v) is 21.2. The quantitative estimate of drug-likeness (QED) is 0.191. The smallest absolute Gasteiger partial charge is 0.271 e. The van der Waals surface area contributed by atoms with Gasteiger partial charge in [0.15, 0.2) is 16.7 Å². The summed E-state index contributed by atoms with van der Waals surface area (Å²) in [6.45, 7) is 2.51. The molecule has 3 aromatic carbocycles. The summed E-state index contributed by atoms with van der Waals surface area (Å²) in [6.07, 6.45) is 1.66. The van der Waals surface area contributed by atoms with Crippen molar-refractivity contribution in [3.63, 3.8) is 0 Å². The molecule has 0 radical (unpaired) electrons. The number of carbonyl (C=O) groups is 1. The van der Waals surface area contributed by atoms with Gasteiger partial charge in [-0.15, -0.1) is 0 Å². The summed E-state index contributed by atoms with van der Waals surface area (Å²) in [5.41, 5.74) is 1.82. The minimum atomic E-state index is -0.502. The summed E-state index contributed by atoms with van der Waals surface area (Å²) in [7, 11) is 0. The highest BCUT2D eigenvalue weighted by molar-refractivity contribution is 8.18. The first-order valence-electron chi connectivity index (χ1n) is 10.7. The lowest BCUT2D eigenvalue weighted by Crippen LogP contribution is -2.19. The van der Waals surface area contributed by atoms with Crippen molar-refractivity contribution < 1.29 is 19.2 Å². The number of nitrogens with one attached hydrogen (secondary N) is 1. The van der Waals surface area contributed by atoms with E-state index in [0.29, 0.717) is 49.5 Å². The van der Waals surface area contributed by atoms with Crippen LogP contribution in [0.1, 0.15) is 18.1 Å². The van der Waals surface area contributed by atoms with Crippen molar-refractivity contribution >= 4 is 63.5 Å². The van der Waals surface area contributed by atoms with Crippen LogP contribution in [-0.4, -0.2) is 22.6 Å². The molecule has 0 bridgehead atoms. The van der Waals surface area contributed by atoms with Crippen LogP contribution in [0.3, 0.4) is 0 Å². The van der Waals surface area contributed by atoms with Crippen molar-refractivity contribution in [1.82, 2.24) is 5.32 Å². The number of hydrogen-bond acceptors (Lipinski definition) is 7. The average molecular weight is 544 g/mol. The van der Waals surface area contributed by atoms with E-state index in [2.05, 4.69) is 10.3 Å². The van der Waals surface area contributed by atoms with Gasteiger partial charge >= 0.3 is 0 Å². The molecule has 1 amide bonds. The molecule has 1 N–H and O–H groups in total. The number of amides is 1. The fourth-order valence-electron chi connectivity index (χ4n) is 3.24. The predicted octanol–water partition coefficient (Wildman–Crippen LogP) is 6.77. The number of non-ortho nitro benzene ring substituents is 1. The first-order chi connectivity index (χ1) is 17.3. The molecule has 3 aromatic rings. The van der Waals surface area contributed by atoms with Gasteiger partial charge in [0.05, 0.1) is 27.1 Å². The van der Waals surface area contributed by atoms with Crippen LogP contribution >= 0.6 is 35.0 Å². The molecular weight excluding hydrogens is 525 g/mol. The van der Waals surface area contributed by atoms with Gasteiger partial charge in [0, 0.05) is 17.2 Å². The average Bonchev–Trinajstić information content (AvgIpc) is 3.18. The molecule has 1 fully saturated rings. The van der Waals surface area contributed by atoms with Gasteiger partial charge in [0.25, 0.3) is 11.6 Å². The van der Waals surface area contributed by atoms with Crippen LogP contribution in [0.2, 0.25) is 10.0 Å². The topological polar surface area (TPSA) is 103 Å². The Balaban J connectivity index is 1.55. The van der Waals surface area contributed by atoms with Crippen LogP contribution < -0.4 is 14.8 Å². The van der Waals surface area contributed by atoms with E-state index in [1.807, 2.05) is 19.1 Å². The number of nitro groups is 1. The van der Waals surface area contributed by atoms with Crippen molar-refractivity contribution in [2.75, 3.05) is 6.61 Å². The molecule has 8 nitrogen and oxygen atoms in total. The van der Waals surface area contributed by atoms with Crippen LogP contribution in [0.5, 0.6) is 11.5 Å². The summed E-state index contributed by atoms with van der Waals surface area (Å²) in [4.78, 5) is 27.7. The fourth-order valence-corrected chi connectivity index (χ4v) is 4.48. The van der Waals surface area contributed by atoms with Crippen molar-refractivity contribution in [3.8, 4) is 11.5 Å². The van der Waals surface area contributed by atoms with E-state index in [0.717, 1.165) is 17.3 Å². The number of rotatable bonds is 8. The van der Waals surface area contributed by atoms with Gasteiger partial charge in [-0.2, -0.15) is 0 Å². The van der Waals surface area contributed by atoms with E-state index in [1.54, 1.807) is 36.4 Å². The van der Waals surface area contributed by atoms with E-state index in [1.165, 1.54) is 18.2 Å². The second-order valence-corrected chi connectivity index (χ2v) is 9.31. The maximum Gasteiger partial charge on any atom is 0.271 e. The van der Waals surface area contributed by atoms with Gasteiger partial charge < -0.3 is 14.8 Å². The van der Waals surface area contributed by atoms with Crippen LogP contribution in [0, 0.1) is 10.1 Å². The van der Waals surface area contributed by atoms with E-state index < -0.39 is 4.92 Å². The molecule has 0 aliphatic carbocycles. The van der Waals surface area contributed by atoms with Gasteiger partial charge in [0.2, 0.25) is 0 Å². The summed E-state index contributed by atoms with van der Waals surface area (Å²) in [5.74, 6) is 0.494. The minimum Gasteiger partial charge on any atom is -0.490 e. The Hall–Kier alpha value is -3.53. The molecule has 1 saturated heterocycles. The van der Waals surface area contributed by atoms with E-state index >= 15 is 0 Å². The van der Waals surface area contributed by atoms with Crippen LogP contribution in [0.25, 0.3) is 6.08 Å². The van der Waals surface area contributed by atoms with Crippen LogP contribution in [0.15, 0.2) is 70.6 Å². The van der Waals surface area contributed by atoms with Gasteiger partial charge in [-0.3, -0.25) is 14.9 Å². The lowest BCUT2D eigenvalue weighted by molar-refractivity contribution is -0.384. The summed E-state index contributed by atoms with van der Waals surface area (Å²) in [6, 6.07) is 16.5. The highest BCUT2D eigenvalue weighted by atomic mass is 35.5. The number of aliphatic imine (C=N–C) groups is 1. The van der Waals surface area contributed by atoms with Crippen molar-refractivity contribution in [2.45, 2.75) is 13.5 Å². The monoisotopic (exact) mass is 543 g/mol. The maximum absolute atomic E-state index is 12.5. The van der Waals surface area contributed by atoms with E-state index in [-0.39, 0.29) is 18.2 Å². The first kappa shape index (κ1) is 25.6. The SMILES string of the molecule is CCOc1cc(/C=C2\SC(=Nc3cccc([N+](=O)[O-])c3)NC2=O)cc(Cl)c1OCc1ccc(Cl)cc1. The molecule has 11 heteroatoms. The molecule has 1 aliphatic heterocycles. The van der Waals surface area contributed by atoms with Crippen LogP contribution in [-0.2, 0) is 11.4 Å². The normalized spacial score (nSPS) is 15.2. The minimum absolute atomic E-state index is 0.0848. The number of hydrogen-bond donors (Lipinski definition) is 1. The molecular formula is C25H19Cl2N3O5S. The second-order valence-electron chi connectivity index (χ2n) is 7.44. The summed E-state index contributed by atoms with van der Waals surface area (Å²) in [5, 5.41) is 14.9. The van der Waals surface area contributed by atoms with Gasteiger partial charge in [-0.25, -0.2) is 4.99 Å². The highest BCUT2D eigenvalue weighted by Crippen LogP contribution is 2.39. The highest BCUT2D eigenvalue weighted by Gasteiger charge is 2.24. The Morgan fingerprint density at radius 2 is 1.89 bits per heavy atom. The molecule has 1 aliphatic rings. The zero-order chi connectivity index (χ0) is 25.7. The number of nitro benzene ring substituents is 1. The van der Waals surface area contributed by atoms with Gasteiger partial charge in [-0.05, 0) is 66.2 Å². The largest absolute Gasteiger partial charge is 0.490 e. The van der Waals surface area contributed by atoms with Crippen molar-refractivity contribution in [2.24, 2.45) is 4.99 Å². The maximum atomic E-state index is 12.5. The molecule has 0 unspecified atom stereocenters. The van der Waals surface area contributed by atoms with Gasteiger partial charge in [0.1, 0.15) is 6.61 Å². The number of halogens is 2. The number of nitrogens with zero attached hydrogens (tertiary/aromatic N) is 2. The Labute approximate surface area is 221 Å². The zero-order valence-electron chi connectivity index (χ0n) is 18.9. The van der Waals surface area contributed by atoms with Gasteiger partial charge in [-0.1, -0.05) is 41.4 Å². The number of amidine groups is 1. The Morgan fingerprint density at radius 1 is 1.11 bits per heavy atom. The molecule has 0 aromatic heterocycles. The van der Waals surface area contributed by atoms with E-state index in [4.69, 9.17) is 32.7 Å². The summed E-state index contributed by atoms with van der Waals surface area (Å²) >= 11 is 13.6. The standard InChI is InChI=1S/C25H19Cl2N3O5S/c1-2-34-21-11-16(10-20(27)23(21)35-14-15-6-8-17(26)9-7-15)12-22-24(31)29-25(36-22)28-18-4-3-5-19(13-18)30(32)33/h3-13H,2,14H2,1H3,(H,28,29,31)/b22-12-. The lowest BCUT2D eigenvalue weighted by Gasteiger charge is -2.15. The molecule has 184 valence electrons. The van der Waals surface area contributed by atoms with Crippen molar-refractivity contribution in [1.29, 1.82) is 0 Å². The van der Waals surface area contributed by atoms with Crippen LogP contribution in [0.4, 0.5) is 11.4 Å². The summed E-state index contributed by atoms with van der Waals surface area (Å²) < 4.78 is 11.7. The predicted molar refractivity (Wildman–Crippen MR) is 142 cm³/mol. The lowest BCUT2D eigenvalue weighted by atomic mass is 10.1. The third-order valence-electron chi connectivity index (χ3n) is 4.85. The Bertz CT molecular complexity index is 1380. The first-order valence-corrected chi connectivity index (χ1v) is 12.3. The number of benzene rings is 3. The number of thioether (sulfide) groups is 1.